The Hall–Kier alpha value is -2.88. The summed E-state index contributed by atoms with van der Waals surface area (Å²) < 4.78 is 2.32. The van der Waals surface area contributed by atoms with E-state index in [4.69, 9.17) is 5.11 Å². The van der Waals surface area contributed by atoms with Crippen LogP contribution in [0.5, 0.6) is 0 Å². The van der Waals surface area contributed by atoms with E-state index in [0.717, 1.165) is 24.9 Å². The van der Waals surface area contributed by atoms with Gasteiger partial charge in [-0.15, -0.1) is 0 Å². The molecule has 0 bridgehead atoms. The maximum absolute atomic E-state index is 10.6. The van der Waals surface area contributed by atoms with E-state index in [9.17, 15) is 4.79 Å². The summed E-state index contributed by atoms with van der Waals surface area (Å²) in [6.45, 7) is 2.98. The molecule has 0 amide bonds. The number of hydrogen-bond donors (Lipinski definition) is 1. The van der Waals surface area contributed by atoms with Crippen LogP contribution in [0.4, 0.5) is 0 Å². The molecule has 24 heavy (non-hydrogen) atoms. The van der Waals surface area contributed by atoms with Crippen LogP contribution in [0, 0.1) is 6.92 Å². The molecule has 0 spiro atoms. The predicted molar refractivity (Wildman–Crippen MR) is 95.9 cm³/mol. The summed E-state index contributed by atoms with van der Waals surface area (Å²) in [6, 6.07) is 12.4. The van der Waals surface area contributed by atoms with E-state index >= 15 is 0 Å². The third-order valence-electron chi connectivity index (χ3n) is 4.17. The smallest absolute Gasteiger partial charge is 0.327 e. The van der Waals surface area contributed by atoms with Crippen molar-refractivity contribution in [2.45, 2.75) is 26.3 Å². The minimum atomic E-state index is -0.895. The molecule has 2 aromatic heterocycles. The molecule has 0 saturated heterocycles. The molecule has 0 saturated carbocycles. The molecule has 2 heterocycles. The number of benzene rings is 1. The highest BCUT2D eigenvalue weighted by atomic mass is 16.4. The Labute approximate surface area is 141 Å². The minimum absolute atomic E-state index is 0.740. The number of pyridine rings is 1. The van der Waals surface area contributed by atoms with E-state index in [1.54, 1.807) is 12.3 Å². The highest BCUT2D eigenvalue weighted by molar-refractivity contribution is 5.91. The van der Waals surface area contributed by atoms with Gasteiger partial charge in [0.05, 0.1) is 5.69 Å². The third-order valence-corrected chi connectivity index (χ3v) is 4.17. The minimum Gasteiger partial charge on any atom is -0.478 e. The van der Waals surface area contributed by atoms with Gasteiger partial charge in [-0.25, -0.2) is 4.79 Å². The third kappa shape index (κ3) is 3.23. The molecule has 1 N–H and O–H groups in total. The Morgan fingerprint density at radius 2 is 2.08 bits per heavy atom. The molecule has 4 heteroatoms. The lowest BCUT2D eigenvalue weighted by Crippen LogP contribution is -2.01. The van der Waals surface area contributed by atoms with Gasteiger partial charge in [-0.3, -0.25) is 4.98 Å². The number of nitrogens with zero attached hydrogens (tertiary/aromatic N) is 2. The van der Waals surface area contributed by atoms with Gasteiger partial charge < -0.3 is 9.67 Å². The van der Waals surface area contributed by atoms with Gasteiger partial charge in [0, 0.05) is 41.5 Å². The van der Waals surface area contributed by atoms with Crippen molar-refractivity contribution in [2.75, 3.05) is 0 Å². The lowest BCUT2D eigenvalue weighted by molar-refractivity contribution is -0.131. The first-order valence-corrected chi connectivity index (χ1v) is 8.06. The monoisotopic (exact) mass is 320 g/mol. The average Bonchev–Trinajstić information content (AvgIpc) is 2.88. The standard InChI is InChI=1S/C20H20N2O2/c1-15-17-9-4-5-10-18(17)22(13-6-2-3-11-19(23)24)20(15)16-8-7-12-21-14-16/h3-5,7-12,14H,2,6,13H2,1H3,(H,23,24)/b11-3+. The first kappa shape index (κ1) is 16.0. The zero-order valence-electron chi connectivity index (χ0n) is 13.6. The van der Waals surface area contributed by atoms with Crippen LogP contribution in [-0.2, 0) is 11.3 Å². The van der Waals surface area contributed by atoms with Gasteiger partial charge in [0.1, 0.15) is 0 Å². The molecular weight excluding hydrogens is 300 g/mol. The van der Waals surface area contributed by atoms with Crippen molar-refractivity contribution >= 4 is 16.9 Å². The maximum atomic E-state index is 10.6. The number of aryl methyl sites for hydroxylation is 2. The largest absolute Gasteiger partial charge is 0.478 e. The molecule has 1 aromatic carbocycles. The lowest BCUT2D eigenvalue weighted by atomic mass is 10.1. The number of carboxylic acids is 1. The Morgan fingerprint density at radius 3 is 2.83 bits per heavy atom. The van der Waals surface area contributed by atoms with Gasteiger partial charge in [-0.2, -0.15) is 0 Å². The Morgan fingerprint density at radius 1 is 1.25 bits per heavy atom. The number of para-hydroxylation sites is 1. The lowest BCUT2D eigenvalue weighted by Gasteiger charge is -2.11. The van der Waals surface area contributed by atoms with Crippen LogP contribution in [0.2, 0.25) is 0 Å². The Balaban J connectivity index is 1.97. The first-order valence-electron chi connectivity index (χ1n) is 8.06. The number of aliphatic carboxylic acids is 1. The summed E-state index contributed by atoms with van der Waals surface area (Å²) in [7, 11) is 0. The van der Waals surface area contributed by atoms with Crippen LogP contribution in [0.25, 0.3) is 22.2 Å². The zero-order valence-corrected chi connectivity index (χ0v) is 13.6. The second-order valence-electron chi connectivity index (χ2n) is 5.77. The summed E-state index contributed by atoms with van der Waals surface area (Å²) >= 11 is 0. The summed E-state index contributed by atoms with van der Waals surface area (Å²) in [4.78, 5) is 14.8. The van der Waals surface area contributed by atoms with Gasteiger partial charge in [0.15, 0.2) is 0 Å². The Kier molecular flexibility index (Phi) is 4.75. The zero-order chi connectivity index (χ0) is 16.9. The van der Waals surface area contributed by atoms with Crippen molar-refractivity contribution in [3.05, 3.63) is 66.5 Å². The second kappa shape index (κ2) is 7.13. The number of aromatic nitrogens is 2. The normalized spacial score (nSPS) is 11.4. The molecule has 0 aliphatic carbocycles. The van der Waals surface area contributed by atoms with E-state index in [1.165, 1.54) is 28.2 Å². The molecule has 0 unspecified atom stereocenters. The average molecular weight is 320 g/mol. The highest BCUT2D eigenvalue weighted by Gasteiger charge is 2.15. The highest BCUT2D eigenvalue weighted by Crippen LogP contribution is 2.33. The van der Waals surface area contributed by atoms with E-state index in [-0.39, 0.29) is 0 Å². The number of carbonyl (C=O) groups is 1. The fourth-order valence-corrected chi connectivity index (χ4v) is 3.14. The molecule has 0 aliphatic rings. The van der Waals surface area contributed by atoms with E-state index in [0.29, 0.717) is 0 Å². The summed E-state index contributed by atoms with van der Waals surface area (Å²) in [6.07, 6.45) is 8.22. The molecule has 3 aromatic rings. The van der Waals surface area contributed by atoms with E-state index in [2.05, 4.69) is 46.8 Å². The fourth-order valence-electron chi connectivity index (χ4n) is 3.14. The molecule has 4 nitrogen and oxygen atoms in total. The molecule has 122 valence electrons. The SMILES string of the molecule is Cc1c(-c2cccnc2)n(CCC/C=C/C(=O)O)c2ccccc12. The molecule has 0 atom stereocenters. The first-order chi connectivity index (χ1) is 11.7. The molecule has 0 aliphatic heterocycles. The molecular formula is C20H20N2O2. The van der Waals surface area contributed by atoms with Crippen molar-refractivity contribution < 1.29 is 9.90 Å². The summed E-state index contributed by atoms with van der Waals surface area (Å²) in [5, 5.41) is 9.92. The van der Waals surface area contributed by atoms with Crippen molar-refractivity contribution in [3.63, 3.8) is 0 Å². The summed E-state index contributed by atoms with van der Waals surface area (Å²) in [5.41, 5.74) is 4.74. The van der Waals surface area contributed by atoms with Crippen molar-refractivity contribution in [1.29, 1.82) is 0 Å². The Bertz CT molecular complexity index is 879. The van der Waals surface area contributed by atoms with Crippen LogP contribution < -0.4 is 0 Å². The van der Waals surface area contributed by atoms with Gasteiger partial charge in [0.2, 0.25) is 0 Å². The molecule has 0 fully saturated rings. The molecule has 3 rings (SSSR count). The topological polar surface area (TPSA) is 55.1 Å². The maximum Gasteiger partial charge on any atom is 0.327 e. The van der Waals surface area contributed by atoms with Crippen LogP contribution in [0.3, 0.4) is 0 Å². The van der Waals surface area contributed by atoms with Crippen LogP contribution in [0.1, 0.15) is 18.4 Å². The van der Waals surface area contributed by atoms with Crippen molar-refractivity contribution in [1.82, 2.24) is 9.55 Å². The van der Waals surface area contributed by atoms with Gasteiger partial charge in [-0.1, -0.05) is 24.3 Å². The number of allylic oxidation sites excluding steroid dienone is 1. The number of fused-ring (bicyclic) bond motifs is 1. The fraction of sp³-hybridized carbons (Fsp3) is 0.200. The van der Waals surface area contributed by atoms with Crippen molar-refractivity contribution in [3.8, 4) is 11.3 Å². The van der Waals surface area contributed by atoms with Crippen molar-refractivity contribution in [2.24, 2.45) is 0 Å². The van der Waals surface area contributed by atoms with Crippen LogP contribution in [0.15, 0.2) is 60.9 Å². The van der Waals surface area contributed by atoms with E-state index < -0.39 is 5.97 Å². The van der Waals surface area contributed by atoms with Gasteiger partial charge in [0.25, 0.3) is 0 Å². The van der Waals surface area contributed by atoms with Gasteiger partial charge in [-0.05, 0) is 43.5 Å². The number of hydrogen-bond acceptors (Lipinski definition) is 2. The van der Waals surface area contributed by atoms with Crippen LogP contribution >= 0.6 is 0 Å². The molecule has 0 radical (unpaired) electrons. The van der Waals surface area contributed by atoms with E-state index in [1.807, 2.05) is 12.3 Å². The van der Waals surface area contributed by atoms with Gasteiger partial charge >= 0.3 is 5.97 Å². The predicted octanol–water partition coefficient (Wildman–Crippen LogP) is 4.43. The van der Waals surface area contributed by atoms with Crippen LogP contribution in [-0.4, -0.2) is 20.6 Å². The quantitative estimate of drug-likeness (QED) is 0.540. The number of rotatable bonds is 6. The second-order valence-corrected chi connectivity index (χ2v) is 5.77. The number of carboxylic acid groups (broad SMARTS) is 1. The number of unbranched alkanes of at least 4 members (excludes halogenated alkanes) is 1. The summed E-state index contributed by atoms with van der Waals surface area (Å²) in [5.74, 6) is -0.895.